The van der Waals surface area contributed by atoms with E-state index in [0.717, 1.165) is 0 Å². The van der Waals surface area contributed by atoms with Crippen molar-refractivity contribution >= 4 is 35.1 Å². The predicted octanol–water partition coefficient (Wildman–Crippen LogP) is 0.140. The van der Waals surface area contributed by atoms with Crippen LogP contribution >= 0.6 is 11.6 Å². The molecule has 0 bridgehead atoms. The van der Waals surface area contributed by atoms with E-state index in [4.69, 9.17) is 17.3 Å². The van der Waals surface area contributed by atoms with Crippen molar-refractivity contribution in [3.8, 4) is 0 Å². The van der Waals surface area contributed by atoms with E-state index in [0.29, 0.717) is 5.02 Å². The Morgan fingerprint density at radius 2 is 2.00 bits per heavy atom. The van der Waals surface area contributed by atoms with Crippen LogP contribution in [0.1, 0.15) is 10.4 Å². The zero-order valence-electron chi connectivity index (χ0n) is 10.7. The van der Waals surface area contributed by atoms with E-state index in [2.05, 4.69) is 15.4 Å². The predicted molar refractivity (Wildman–Crippen MR) is 73.5 cm³/mol. The zero-order chi connectivity index (χ0) is 15.1. The Morgan fingerprint density at radius 1 is 1.30 bits per heavy atom. The summed E-state index contributed by atoms with van der Waals surface area (Å²) < 4.78 is 4.59. The summed E-state index contributed by atoms with van der Waals surface area (Å²) in [5.74, 6) is -1.59. The highest BCUT2D eigenvalue weighted by Crippen LogP contribution is 2.21. The first-order valence-electron chi connectivity index (χ1n) is 5.62. The van der Waals surface area contributed by atoms with Crippen molar-refractivity contribution in [3.05, 3.63) is 28.8 Å². The van der Waals surface area contributed by atoms with Gasteiger partial charge in [0.25, 0.3) is 0 Å². The minimum atomic E-state index is -0.631. The Labute approximate surface area is 120 Å². The van der Waals surface area contributed by atoms with Gasteiger partial charge in [0.15, 0.2) is 0 Å². The first kappa shape index (κ1) is 15.9. The second kappa shape index (κ2) is 7.46. The molecule has 0 heterocycles. The number of rotatable bonds is 5. The minimum Gasteiger partial charge on any atom is -0.465 e. The molecule has 0 aliphatic heterocycles. The Morgan fingerprint density at radius 3 is 2.60 bits per heavy atom. The van der Waals surface area contributed by atoms with Gasteiger partial charge in [-0.25, -0.2) is 4.79 Å². The highest BCUT2D eigenvalue weighted by Gasteiger charge is 2.14. The van der Waals surface area contributed by atoms with Crippen LogP contribution in [0.3, 0.4) is 0 Å². The van der Waals surface area contributed by atoms with Crippen LogP contribution < -0.4 is 16.4 Å². The average molecular weight is 300 g/mol. The molecule has 0 spiro atoms. The number of carbonyl (C=O) groups excluding carboxylic acids is 3. The second-order valence-electron chi connectivity index (χ2n) is 3.71. The third-order valence-corrected chi connectivity index (χ3v) is 2.53. The lowest BCUT2D eigenvalue weighted by Gasteiger charge is -2.10. The van der Waals surface area contributed by atoms with Crippen LogP contribution in [0, 0.1) is 0 Å². The first-order valence-corrected chi connectivity index (χ1v) is 6.00. The lowest BCUT2D eigenvalue weighted by molar-refractivity contribution is -0.123. The molecular weight excluding hydrogens is 286 g/mol. The van der Waals surface area contributed by atoms with Gasteiger partial charge >= 0.3 is 5.97 Å². The van der Waals surface area contributed by atoms with Gasteiger partial charge in [-0.3, -0.25) is 9.59 Å². The van der Waals surface area contributed by atoms with Gasteiger partial charge < -0.3 is 21.1 Å². The maximum absolute atomic E-state index is 11.6. The molecule has 0 aliphatic carbocycles. The molecule has 0 aliphatic rings. The molecule has 7 nitrogen and oxygen atoms in total. The SMILES string of the molecule is COC(=O)c1cc(Cl)ccc1NC(=O)CNC(=O)CN. The Hall–Kier alpha value is -2.12. The molecule has 1 aromatic rings. The number of nitrogens with one attached hydrogen (secondary N) is 2. The third kappa shape index (κ3) is 4.52. The van der Waals surface area contributed by atoms with Gasteiger partial charge in [-0.2, -0.15) is 0 Å². The van der Waals surface area contributed by atoms with Crippen LogP contribution in [0.25, 0.3) is 0 Å². The molecule has 0 fully saturated rings. The molecule has 20 heavy (non-hydrogen) atoms. The molecule has 0 unspecified atom stereocenters. The maximum Gasteiger partial charge on any atom is 0.340 e. The Bertz CT molecular complexity index is 533. The molecule has 2 amide bonds. The number of ether oxygens (including phenoxy) is 1. The first-order chi connectivity index (χ1) is 9.47. The largest absolute Gasteiger partial charge is 0.465 e. The summed E-state index contributed by atoms with van der Waals surface area (Å²) in [4.78, 5) is 34.1. The van der Waals surface area contributed by atoms with Gasteiger partial charge in [0.05, 0.1) is 31.5 Å². The molecule has 0 saturated carbocycles. The summed E-state index contributed by atoms with van der Waals surface area (Å²) in [6, 6.07) is 4.36. The summed E-state index contributed by atoms with van der Waals surface area (Å²) in [6.45, 7) is -0.457. The number of hydrogen-bond acceptors (Lipinski definition) is 5. The van der Waals surface area contributed by atoms with Crippen LogP contribution in [-0.2, 0) is 14.3 Å². The Balaban J connectivity index is 2.79. The second-order valence-corrected chi connectivity index (χ2v) is 4.15. The average Bonchev–Trinajstić information content (AvgIpc) is 2.45. The summed E-state index contributed by atoms with van der Waals surface area (Å²) in [5, 5.41) is 5.12. The maximum atomic E-state index is 11.6. The number of anilines is 1. The summed E-state index contributed by atoms with van der Waals surface area (Å²) in [7, 11) is 1.22. The smallest absolute Gasteiger partial charge is 0.340 e. The van der Waals surface area contributed by atoms with Crippen LogP contribution in [0.15, 0.2) is 18.2 Å². The van der Waals surface area contributed by atoms with Gasteiger partial charge in [-0.1, -0.05) is 11.6 Å². The van der Waals surface area contributed by atoms with E-state index < -0.39 is 17.8 Å². The number of halogens is 1. The lowest BCUT2D eigenvalue weighted by atomic mass is 10.2. The van der Waals surface area contributed by atoms with Gasteiger partial charge in [0.2, 0.25) is 11.8 Å². The molecular formula is C12H14ClN3O4. The molecule has 4 N–H and O–H groups in total. The van der Waals surface area contributed by atoms with Crippen molar-refractivity contribution in [2.45, 2.75) is 0 Å². The van der Waals surface area contributed by atoms with Crippen molar-refractivity contribution in [2.24, 2.45) is 5.73 Å². The van der Waals surface area contributed by atoms with Gasteiger partial charge in [-0.15, -0.1) is 0 Å². The van der Waals surface area contributed by atoms with E-state index in [-0.39, 0.29) is 24.3 Å². The molecule has 1 rings (SSSR count). The molecule has 108 valence electrons. The standard InChI is InChI=1S/C12H14ClN3O4/c1-20-12(19)8-4-7(13)2-3-9(8)16-11(18)6-15-10(17)5-14/h2-4H,5-6,14H2,1H3,(H,15,17)(H,16,18). The number of hydrogen-bond donors (Lipinski definition) is 3. The fourth-order valence-electron chi connectivity index (χ4n) is 1.35. The lowest BCUT2D eigenvalue weighted by Crippen LogP contribution is -2.36. The van der Waals surface area contributed by atoms with E-state index >= 15 is 0 Å². The molecule has 0 saturated heterocycles. The van der Waals surface area contributed by atoms with Crippen molar-refractivity contribution in [3.63, 3.8) is 0 Å². The van der Waals surface area contributed by atoms with E-state index in [1.54, 1.807) is 0 Å². The van der Waals surface area contributed by atoms with Crippen molar-refractivity contribution in [2.75, 3.05) is 25.5 Å². The topological polar surface area (TPSA) is 111 Å². The van der Waals surface area contributed by atoms with Crippen molar-refractivity contribution in [1.29, 1.82) is 0 Å². The number of esters is 1. The monoisotopic (exact) mass is 299 g/mol. The highest BCUT2D eigenvalue weighted by atomic mass is 35.5. The number of amides is 2. The quantitative estimate of drug-likeness (QED) is 0.670. The molecule has 1 aromatic carbocycles. The van der Waals surface area contributed by atoms with Crippen LogP contribution in [0.2, 0.25) is 5.02 Å². The third-order valence-electron chi connectivity index (χ3n) is 2.29. The molecule has 0 radical (unpaired) electrons. The number of methoxy groups -OCH3 is 1. The zero-order valence-corrected chi connectivity index (χ0v) is 11.5. The van der Waals surface area contributed by atoms with Crippen LogP contribution in [-0.4, -0.2) is 38.0 Å². The highest BCUT2D eigenvalue weighted by molar-refractivity contribution is 6.31. The van der Waals surface area contributed by atoms with Crippen molar-refractivity contribution in [1.82, 2.24) is 5.32 Å². The number of nitrogens with two attached hydrogens (primary N) is 1. The normalized spacial score (nSPS) is 9.75. The summed E-state index contributed by atoms with van der Waals surface area (Å²) in [6.07, 6.45) is 0. The van der Waals surface area contributed by atoms with Gasteiger partial charge in [0.1, 0.15) is 0 Å². The molecule has 0 atom stereocenters. The van der Waals surface area contributed by atoms with Crippen molar-refractivity contribution < 1.29 is 19.1 Å². The fourth-order valence-corrected chi connectivity index (χ4v) is 1.52. The number of benzene rings is 1. The summed E-state index contributed by atoms with van der Waals surface area (Å²) in [5.41, 5.74) is 5.46. The summed E-state index contributed by atoms with van der Waals surface area (Å²) >= 11 is 5.78. The Kier molecular flexibility index (Phi) is 5.95. The van der Waals surface area contributed by atoms with E-state index in [1.807, 2.05) is 0 Å². The van der Waals surface area contributed by atoms with E-state index in [9.17, 15) is 14.4 Å². The van der Waals surface area contributed by atoms with E-state index in [1.165, 1.54) is 25.3 Å². The van der Waals surface area contributed by atoms with Gasteiger partial charge in [0, 0.05) is 5.02 Å². The minimum absolute atomic E-state index is 0.124. The molecule has 8 heteroatoms. The van der Waals surface area contributed by atoms with Crippen LogP contribution in [0.5, 0.6) is 0 Å². The fraction of sp³-hybridized carbons (Fsp3) is 0.250. The van der Waals surface area contributed by atoms with Gasteiger partial charge in [-0.05, 0) is 18.2 Å². The van der Waals surface area contributed by atoms with Crippen LogP contribution in [0.4, 0.5) is 5.69 Å². The number of carbonyl (C=O) groups is 3. The molecule has 0 aromatic heterocycles.